The van der Waals surface area contributed by atoms with Gasteiger partial charge in [0.2, 0.25) is 0 Å². The average Bonchev–Trinajstić information content (AvgIpc) is 3.15. The number of aryl methyl sites for hydroxylation is 1. The molecule has 1 amide bonds. The lowest BCUT2D eigenvalue weighted by molar-refractivity contribution is 0.0951. The summed E-state index contributed by atoms with van der Waals surface area (Å²) in [5.41, 5.74) is 2.13. The summed E-state index contributed by atoms with van der Waals surface area (Å²) in [7, 11) is 0. The Hall–Kier alpha value is -2.14. The van der Waals surface area contributed by atoms with Crippen LogP contribution in [0.1, 0.15) is 44.8 Å². The normalized spacial score (nSPS) is 14.4. The molecule has 1 aromatic carbocycles. The fourth-order valence-corrected chi connectivity index (χ4v) is 3.27. The van der Waals surface area contributed by atoms with E-state index in [1.54, 1.807) is 23.5 Å². The minimum absolute atomic E-state index is 0.0858. The van der Waals surface area contributed by atoms with Crippen molar-refractivity contribution in [3.05, 3.63) is 51.5 Å². The molecule has 0 radical (unpaired) electrons. The Kier molecular flexibility index (Phi) is 3.22. The number of aromatic nitrogens is 1. The predicted octanol–water partition coefficient (Wildman–Crippen LogP) is 4.01. The number of amides is 1. The predicted molar refractivity (Wildman–Crippen MR) is 86.2 cm³/mol. The van der Waals surface area contributed by atoms with Crippen LogP contribution in [0, 0.1) is 6.92 Å². The summed E-state index contributed by atoms with van der Waals surface area (Å²) in [6.07, 6.45) is 2.31. The average molecular weight is 312 g/mol. The molecule has 3 aromatic rings. The van der Waals surface area contributed by atoms with Crippen molar-refractivity contribution >= 4 is 28.3 Å². The van der Waals surface area contributed by atoms with Gasteiger partial charge in [0.25, 0.3) is 5.91 Å². The zero-order valence-corrected chi connectivity index (χ0v) is 13.1. The highest BCUT2D eigenvalue weighted by atomic mass is 32.1. The quantitative estimate of drug-likeness (QED) is 0.792. The van der Waals surface area contributed by atoms with E-state index in [2.05, 4.69) is 23.3 Å². The number of oxazole rings is 1. The topological polar surface area (TPSA) is 55.1 Å². The number of hydrogen-bond acceptors (Lipinski definition) is 4. The van der Waals surface area contributed by atoms with Crippen molar-refractivity contribution in [2.24, 2.45) is 0 Å². The maximum atomic E-state index is 12.3. The second-order valence-electron chi connectivity index (χ2n) is 5.70. The standard InChI is InChI=1S/C17H16N2O2S/c1-10-2-6-13(22-10)9-18-16(20)12-5-7-14-15(8-12)21-17(19-14)11-3-4-11/h2,5-8,11H,3-4,9H2,1H3,(H,18,20). The molecular weight excluding hydrogens is 296 g/mol. The van der Waals surface area contributed by atoms with E-state index in [1.165, 1.54) is 4.88 Å². The molecule has 5 heteroatoms. The van der Waals surface area contributed by atoms with Crippen LogP contribution in [0.2, 0.25) is 0 Å². The van der Waals surface area contributed by atoms with Crippen molar-refractivity contribution in [2.45, 2.75) is 32.2 Å². The molecule has 1 aliphatic carbocycles. The summed E-state index contributed by atoms with van der Waals surface area (Å²) >= 11 is 1.70. The molecule has 1 fully saturated rings. The Bertz CT molecular complexity index is 845. The highest BCUT2D eigenvalue weighted by Gasteiger charge is 2.29. The number of rotatable bonds is 4. The molecule has 0 bridgehead atoms. The zero-order valence-electron chi connectivity index (χ0n) is 12.3. The highest BCUT2D eigenvalue weighted by molar-refractivity contribution is 7.11. The third kappa shape index (κ3) is 2.64. The van der Waals surface area contributed by atoms with Crippen LogP contribution >= 0.6 is 11.3 Å². The molecule has 0 spiro atoms. The first-order valence-corrected chi connectivity index (χ1v) is 8.25. The van der Waals surface area contributed by atoms with Crippen molar-refractivity contribution in [2.75, 3.05) is 0 Å². The van der Waals surface area contributed by atoms with E-state index in [1.807, 2.05) is 12.1 Å². The SMILES string of the molecule is Cc1ccc(CNC(=O)c2ccc3nc(C4CC4)oc3c2)s1. The van der Waals surface area contributed by atoms with Crippen molar-refractivity contribution in [3.8, 4) is 0 Å². The summed E-state index contributed by atoms with van der Waals surface area (Å²) in [5.74, 6) is 1.20. The second-order valence-corrected chi connectivity index (χ2v) is 7.08. The van der Waals surface area contributed by atoms with Crippen LogP contribution in [0.4, 0.5) is 0 Å². The first-order valence-electron chi connectivity index (χ1n) is 7.43. The van der Waals surface area contributed by atoms with Crippen LogP contribution in [-0.2, 0) is 6.54 Å². The van der Waals surface area contributed by atoms with Crippen LogP contribution in [-0.4, -0.2) is 10.9 Å². The van der Waals surface area contributed by atoms with Gasteiger partial charge >= 0.3 is 0 Å². The van der Waals surface area contributed by atoms with Gasteiger partial charge in [-0.15, -0.1) is 11.3 Å². The number of nitrogens with one attached hydrogen (secondary N) is 1. The number of carbonyl (C=O) groups is 1. The van der Waals surface area contributed by atoms with E-state index < -0.39 is 0 Å². The van der Waals surface area contributed by atoms with Crippen molar-refractivity contribution in [1.82, 2.24) is 10.3 Å². The Morgan fingerprint density at radius 2 is 2.23 bits per heavy atom. The zero-order chi connectivity index (χ0) is 15.1. The third-order valence-corrected chi connectivity index (χ3v) is 4.81. The van der Waals surface area contributed by atoms with Crippen LogP contribution < -0.4 is 5.32 Å². The number of fused-ring (bicyclic) bond motifs is 1. The molecular formula is C17H16N2O2S. The van der Waals surface area contributed by atoms with E-state index in [0.29, 0.717) is 23.6 Å². The molecule has 112 valence electrons. The van der Waals surface area contributed by atoms with E-state index >= 15 is 0 Å². The Morgan fingerprint density at radius 3 is 2.95 bits per heavy atom. The van der Waals surface area contributed by atoms with Gasteiger partial charge in [-0.3, -0.25) is 4.79 Å². The molecule has 0 saturated heterocycles. The third-order valence-electron chi connectivity index (χ3n) is 3.81. The molecule has 1 saturated carbocycles. The molecule has 2 aromatic heterocycles. The maximum Gasteiger partial charge on any atom is 0.251 e. The molecule has 0 unspecified atom stereocenters. The van der Waals surface area contributed by atoms with Crippen molar-refractivity contribution in [3.63, 3.8) is 0 Å². The van der Waals surface area contributed by atoms with Crippen molar-refractivity contribution < 1.29 is 9.21 Å². The van der Waals surface area contributed by atoms with E-state index in [4.69, 9.17) is 4.42 Å². The van der Waals surface area contributed by atoms with Gasteiger partial charge in [0.1, 0.15) is 5.52 Å². The van der Waals surface area contributed by atoms with E-state index in [9.17, 15) is 4.79 Å². The fourth-order valence-electron chi connectivity index (χ4n) is 2.44. The van der Waals surface area contributed by atoms with E-state index in [0.717, 1.165) is 29.1 Å². The monoisotopic (exact) mass is 312 g/mol. The summed E-state index contributed by atoms with van der Waals surface area (Å²) in [6, 6.07) is 9.54. The fraction of sp³-hybridized carbons (Fsp3) is 0.294. The number of benzene rings is 1. The van der Waals surface area contributed by atoms with Crippen LogP contribution in [0.15, 0.2) is 34.7 Å². The van der Waals surface area contributed by atoms with Crippen LogP contribution in [0.3, 0.4) is 0 Å². The smallest absolute Gasteiger partial charge is 0.251 e. The van der Waals surface area contributed by atoms with Gasteiger partial charge in [0.05, 0.1) is 6.54 Å². The summed E-state index contributed by atoms with van der Waals surface area (Å²) < 4.78 is 5.76. The molecule has 22 heavy (non-hydrogen) atoms. The summed E-state index contributed by atoms with van der Waals surface area (Å²) in [5, 5.41) is 2.94. The van der Waals surface area contributed by atoms with Gasteiger partial charge in [-0.05, 0) is 50.1 Å². The minimum Gasteiger partial charge on any atom is -0.440 e. The van der Waals surface area contributed by atoms with Gasteiger partial charge in [0, 0.05) is 21.2 Å². The van der Waals surface area contributed by atoms with Gasteiger partial charge in [-0.25, -0.2) is 4.98 Å². The first kappa shape index (κ1) is 13.5. The lowest BCUT2D eigenvalue weighted by Crippen LogP contribution is -2.22. The number of nitrogens with zero attached hydrogens (tertiary/aromatic N) is 1. The molecule has 4 rings (SSSR count). The van der Waals surface area contributed by atoms with Gasteiger partial charge in [0.15, 0.2) is 11.5 Å². The number of thiophene rings is 1. The van der Waals surface area contributed by atoms with E-state index in [-0.39, 0.29) is 5.91 Å². The van der Waals surface area contributed by atoms with Gasteiger partial charge in [-0.2, -0.15) is 0 Å². The minimum atomic E-state index is -0.0858. The summed E-state index contributed by atoms with van der Waals surface area (Å²) in [4.78, 5) is 19.1. The number of hydrogen-bond donors (Lipinski definition) is 1. The highest BCUT2D eigenvalue weighted by Crippen LogP contribution is 2.40. The second kappa shape index (κ2) is 5.25. The lowest BCUT2D eigenvalue weighted by Gasteiger charge is -2.03. The maximum absolute atomic E-state index is 12.3. The molecule has 1 aliphatic rings. The van der Waals surface area contributed by atoms with Gasteiger partial charge < -0.3 is 9.73 Å². The lowest BCUT2D eigenvalue weighted by atomic mass is 10.2. The summed E-state index contributed by atoms with van der Waals surface area (Å²) in [6.45, 7) is 2.62. The van der Waals surface area contributed by atoms with Gasteiger partial charge in [-0.1, -0.05) is 0 Å². The first-order chi connectivity index (χ1) is 10.7. The molecule has 2 heterocycles. The molecule has 0 atom stereocenters. The van der Waals surface area contributed by atoms with Crippen LogP contribution in [0.25, 0.3) is 11.1 Å². The Morgan fingerprint density at radius 1 is 1.36 bits per heavy atom. The molecule has 0 aliphatic heterocycles. The molecule has 1 N–H and O–H groups in total. The molecule has 4 nitrogen and oxygen atoms in total. The van der Waals surface area contributed by atoms with Crippen molar-refractivity contribution in [1.29, 1.82) is 0 Å². The number of carbonyl (C=O) groups excluding carboxylic acids is 1. The van der Waals surface area contributed by atoms with Crippen LogP contribution in [0.5, 0.6) is 0 Å². The Balaban J connectivity index is 1.50. The largest absolute Gasteiger partial charge is 0.440 e. The Labute approximate surface area is 132 Å².